The third kappa shape index (κ3) is 0.788. The number of nitrogens with zero attached hydrogens (tertiary/aromatic N) is 1. The molecular formula is C7H11NO2S. The Labute approximate surface area is 68.2 Å². The highest BCUT2D eigenvalue weighted by molar-refractivity contribution is 7.86. The van der Waals surface area contributed by atoms with E-state index in [2.05, 4.69) is 0 Å². The van der Waals surface area contributed by atoms with Crippen molar-refractivity contribution in [3.63, 3.8) is 0 Å². The Morgan fingerprint density at radius 3 is 2.64 bits per heavy atom. The van der Waals surface area contributed by atoms with Crippen molar-refractivity contribution < 1.29 is 9.00 Å². The predicted molar refractivity (Wildman–Crippen MR) is 42.3 cm³/mol. The normalized spacial score (nSPS) is 40.2. The van der Waals surface area contributed by atoms with Gasteiger partial charge in [0.25, 0.3) is 0 Å². The average molecular weight is 173 g/mol. The molecule has 2 heterocycles. The molecule has 0 N–H and O–H groups in total. The highest BCUT2D eigenvalue weighted by Crippen LogP contribution is 2.38. The van der Waals surface area contributed by atoms with E-state index in [9.17, 15) is 9.00 Å². The van der Waals surface area contributed by atoms with Gasteiger partial charge in [0.05, 0.1) is 12.0 Å². The minimum absolute atomic E-state index is 0.0394. The molecule has 2 rings (SSSR count). The fraction of sp³-hybridized carbons (Fsp3) is 0.857. The van der Waals surface area contributed by atoms with E-state index in [1.807, 2.05) is 13.8 Å². The summed E-state index contributed by atoms with van der Waals surface area (Å²) in [7, 11) is -0.796. The first kappa shape index (κ1) is 7.28. The number of carbonyl (C=O) groups is 1. The van der Waals surface area contributed by atoms with Crippen LogP contribution in [0.3, 0.4) is 0 Å². The summed E-state index contributed by atoms with van der Waals surface area (Å²) >= 11 is 0. The largest absolute Gasteiger partial charge is 0.321 e. The molecule has 2 atom stereocenters. The van der Waals surface area contributed by atoms with E-state index >= 15 is 0 Å². The van der Waals surface area contributed by atoms with Gasteiger partial charge in [0.1, 0.15) is 5.37 Å². The molecule has 0 spiro atoms. The van der Waals surface area contributed by atoms with Gasteiger partial charge in [-0.3, -0.25) is 9.00 Å². The second-order valence-electron chi connectivity index (χ2n) is 3.76. The molecule has 0 aromatic rings. The maximum absolute atomic E-state index is 11.3. The van der Waals surface area contributed by atoms with E-state index in [1.54, 1.807) is 4.90 Å². The molecule has 2 unspecified atom stereocenters. The van der Waals surface area contributed by atoms with Crippen LogP contribution >= 0.6 is 0 Å². The van der Waals surface area contributed by atoms with Gasteiger partial charge in [0.15, 0.2) is 0 Å². The van der Waals surface area contributed by atoms with Crippen LogP contribution < -0.4 is 0 Å². The number of fused-ring (bicyclic) bond motifs is 1. The highest BCUT2D eigenvalue weighted by Gasteiger charge is 2.54. The van der Waals surface area contributed by atoms with Crippen LogP contribution in [0.1, 0.15) is 20.3 Å². The molecule has 0 radical (unpaired) electrons. The van der Waals surface area contributed by atoms with Gasteiger partial charge in [-0.2, -0.15) is 0 Å². The number of hydrogen-bond donors (Lipinski definition) is 0. The van der Waals surface area contributed by atoms with Crippen molar-refractivity contribution in [2.24, 2.45) is 0 Å². The van der Waals surface area contributed by atoms with Crippen LogP contribution in [-0.4, -0.2) is 31.7 Å². The van der Waals surface area contributed by atoms with Crippen LogP contribution in [0.15, 0.2) is 0 Å². The quantitative estimate of drug-likeness (QED) is 0.487. The van der Waals surface area contributed by atoms with Gasteiger partial charge in [-0.05, 0) is 13.8 Å². The van der Waals surface area contributed by atoms with Crippen molar-refractivity contribution >= 4 is 16.7 Å². The average Bonchev–Trinajstić information content (AvgIpc) is 1.95. The van der Waals surface area contributed by atoms with Gasteiger partial charge in [-0.15, -0.1) is 0 Å². The SMILES string of the molecule is CC1(C)CS(=O)C2CC(=O)N21. The Bertz CT molecular complexity index is 249. The summed E-state index contributed by atoms with van der Waals surface area (Å²) in [6.07, 6.45) is 0.496. The molecule has 1 amide bonds. The van der Waals surface area contributed by atoms with Crippen LogP contribution in [0.25, 0.3) is 0 Å². The Kier molecular flexibility index (Phi) is 1.23. The molecule has 2 aliphatic rings. The van der Waals surface area contributed by atoms with Gasteiger partial charge >= 0.3 is 0 Å². The Morgan fingerprint density at radius 2 is 2.27 bits per heavy atom. The summed E-state index contributed by atoms with van der Waals surface area (Å²) in [6.45, 7) is 3.95. The molecule has 0 bridgehead atoms. The number of amides is 1. The summed E-state index contributed by atoms with van der Waals surface area (Å²) < 4.78 is 11.3. The highest BCUT2D eigenvalue weighted by atomic mass is 32.2. The van der Waals surface area contributed by atoms with E-state index in [0.29, 0.717) is 12.2 Å². The number of β-lactam (4-membered cyclic amide) rings is 1. The molecule has 11 heavy (non-hydrogen) atoms. The van der Waals surface area contributed by atoms with Crippen LogP contribution in [0, 0.1) is 0 Å². The van der Waals surface area contributed by atoms with Crippen molar-refractivity contribution in [2.75, 3.05) is 5.75 Å². The second-order valence-corrected chi connectivity index (χ2v) is 5.35. The van der Waals surface area contributed by atoms with Crippen molar-refractivity contribution in [2.45, 2.75) is 31.2 Å². The van der Waals surface area contributed by atoms with E-state index < -0.39 is 10.8 Å². The molecule has 2 fully saturated rings. The topological polar surface area (TPSA) is 37.4 Å². The maximum Gasteiger partial charge on any atom is 0.227 e. The molecule has 62 valence electrons. The van der Waals surface area contributed by atoms with Crippen molar-refractivity contribution in [1.29, 1.82) is 0 Å². The van der Waals surface area contributed by atoms with Crippen molar-refractivity contribution in [3.8, 4) is 0 Å². The van der Waals surface area contributed by atoms with Crippen molar-refractivity contribution in [3.05, 3.63) is 0 Å². The molecule has 0 aromatic carbocycles. The van der Waals surface area contributed by atoms with Gasteiger partial charge in [0, 0.05) is 16.6 Å². The standard InChI is InChI=1S/C7H11NO2S/c1-7(2)4-11(10)6-3-5(9)8(6)7/h6H,3-4H2,1-2H3. The number of carbonyl (C=O) groups excluding carboxylic acids is 1. The first-order valence-corrected chi connectivity index (χ1v) is 5.10. The molecular weight excluding hydrogens is 162 g/mol. The van der Waals surface area contributed by atoms with E-state index in [1.165, 1.54) is 0 Å². The van der Waals surface area contributed by atoms with Crippen LogP contribution in [0.4, 0.5) is 0 Å². The lowest BCUT2D eigenvalue weighted by atomic mass is 10.0. The fourth-order valence-corrected chi connectivity index (χ4v) is 3.83. The Balaban J connectivity index is 2.32. The van der Waals surface area contributed by atoms with E-state index in [-0.39, 0.29) is 16.8 Å². The lowest BCUT2D eigenvalue weighted by Gasteiger charge is -2.41. The van der Waals surface area contributed by atoms with Crippen molar-refractivity contribution in [1.82, 2.24) is 4.90 Å². The first-order chi connectivity index (χ1) is 5.02. The van der Waals surface area contributed by atoms with Gasteiger partial charge in [0.2, 0.25) is 5.91 Å². The molecule has 2 saturated heterocycles. The molecule has 3 nitrogen and oxygen atoms in total. The zero-order chi connectivity index (χ0) is 8.22. The first-order valence-electron chi connectivity index (χ1n) is 3.72. The molecule has 0 saturated carbocycles. The number of hydrogen-bond acceptors (Lipinski definition) is 2. The summed E-state index contributed by atoms with van der Waals surface area (Å²) in [4.78, 5) is 12.8. The zero-order valence-electron chi connectivity index (χ0n) is 6.66. The second kappa shape index (κ2) is 1.86. The maximum atomic E-state index is 11.3. The lowest BCUT2D eigenvalue weighted by Crippen LogP contribution is -2.57. The summed E-state index contributed by atoms with van der Waals surface area (Å²) in [5.41, 5.74) is -0.162. The van der Waals surface area contributed by atoms with Crippen LogP contribution in [0.2, 0.25) is 0 Å². The summed E-state index contributed by atoms with van der Waals surface area (Å²) in [5.74, 6) is 0.800. The Morgan fingerprint density at radius 1 is 1.64 bits per heavy atom. The zero-order valence-corrected chi connectivity index (χ0v) is 7.48. The smallest absolute Gasteiger partial charge is 0.227 e. The van der Waals surface area contributed by atoms with Crippen LogP contribution in [0.5, 0.6) is 0 Å². The van der Waals surface area contributed by atoms with Gasteiger partial charge in [-0.1, -0.05) is 0 Å². The number of rotatable bonds is 0. The minimum atomic E-state index is -0.796. The molecule has 0 aromatic heterocycles. The van der Waals surface area contributed by atoms with Crippen LogP contribution in [-0.2, 0) is 15.6 Å². The third-order valence-corrected chi connectivity index (χ3v) is 4.33. The molecule has 4 heteroatoms. The fourth-order valence-electron chi connectivity index (χ4n) is 1.84. The van der Waals surface area contributed by atoms with Gasteiger partial charge < -0.3 is 4.90 Å². The predicted octanol–water partition coefficient (Wildman–Crippen LogP) is 0.0857. The van der Waals surface area contributed by atoms with E-state index in [4.69, 9.17) is 0 Å². The monoisotopic (exact) mass is 173 g/mol. The lowest BCUT2D eigenvalue weighted by molar-refractivity contribution is -0.146. The molecule has 2 aliphatic heterocycles. The summed E-state index contributed by atoms with van der Waals surface area (Å²) in [5, 5.41) is 0.0394. The minimum Gasteiger partial charge on any atom is -0.321 e. The molecule has 0 aliphatic carbocycles. The van der Waals surface area contributed by atoms with Gasteiger partial charge in [-0.25, -0.2) is 0 Å². The van der Waals surface area contributed by atoms with E-state index in [0.717, 1.165) is 0 Å². The Hall–Kier alpha value is -0.380. The third-order valence-electron chi connectivity index (χ3n) is 2.36. The summed E-state index contributed by atoms with van der Waals surface area (Å²) in [6, 6.07) is 0.